The molecule has 0 fully saturated rings. The lowest BCUT2D eigenvalue weighted by Crippen LogP contribution is -2.48. The standard InChI is InChI=1S/C15H22N2O3S/c1-3-16-15(19)13(9-10-21-2)17-14(18)11-20-12-7-5-4-6-8-12/h4-8,13H,3,9-11H2,1-2H3,(H,16,19)(H,17,18)/t13-/m0/s1. The van der Waals surface area contributed by atoms with E-state index in [0.717, 1.165) is 5.75 Å². The molecule has 5 nitrogen and oxygen atoms in total. The zero-order chi connectivity index (χ0) is 15.5. The Kier molecular flexibility index (Phi) is 8.35. The van der Waals surface area contributed by atoms with Gasteiger partial charge in [-0.3, -0.25) is 9.59 Å². The first-order valence-corrected chi connectivity index (χ1v) is 8.30. The molecule has 0 radical (unpaired) electrons. The van der Waals surface area contributed by atoms with Crippen LogP contribution in [0.15, 0.2) is 30.3 Å². The monoisotopic (exact) mass is 310 g/mol. The second kappa shape index (κ2) is 10.1. The quantitative estimate of drug-likeness (QED) is 0.724. The van der Waals surface area contributed by atoms with Gasteiger partial charge in [-0.05, 0) is 37.5 Å². The summed E-state index contributed by atoms with van der Waals surface area (Å²) in [5.41, 5.74) is 0. The third-order valence-corrected chi connectivity index (χ3v) is 3.37. The van der Waals surface area contributed by atoms with Gasteiger partial charge < -0.3 is 15.4 Å². The Morgan fingerprint density at radius 2 is 2.00 bits per heavy atom. The predicted octanol–water partition coefficient (Wildman–Crippen LogP) is 1.44. The van der Waals surface area contributed by atoms with E-state index in [9.17, 15) is 9.59 Å². The van der Waals surface area contributed by atoms with Crippen LogP contribution in [-0.4, -0.2) is 43.0 Å². The minimum absolute atomic E-state index is 0.0980. The fourth-order valence-electron chi connectivity index (χ4n) is 1.70. The molecule has 2 N–H and O–H groups in total. The molecule has 6 heteroatoms. The Balaban J connectivity index is 2.45. The van der Waals surface area contributed by atoms with Gasteiger partial charge in [0.25, 0.3) is 5.91 Å². The van der Waals surface area contributed by atoms with Crippen LogP contribution < -0.4 is 15.4 Å². The Bertz CT molecular complexity index is 440. The van der Waals surface area contributed by atoms with Crippen molar-refractivity contribution in [2.45, 2.75) is 19.4 Å². The highest BCUT2D eigenvalue weighted by Crippen LogP contribution is 2.08. The van der Waals surface area contributed by atoms with Crippen molar-refractivity contribution in [1.82, 2.24) is 10.6 Å². The summed E-state index contributed by atoms with van der Waals surface area (Å²) in [4.78, 5) is 23.8. The molecule has 2 amide bonds. The van der Waals surface area contributed by atoms with Gasteiger partial charge in [0.1, 0.15) is 11.8 Å². The van der Waals surface area contributed by atoms with E-state index in [1.165, 1.54) is 0 Å². The molecule has 1 aromatic rings. The molecule has 0 heterocycles. The number of benzene rings is 1. The number of para-hydroxylation sites is 1. The molecular weight excluding hydrogens is 288 g/mol. The number of hydrogen-bond acceptors (Lipinski definition) is 4. The Morgan fingerprint density at radius 1 is 1.29 bits per heavy atom. The highest BCUT2D eigenvalue weighted by molar-refractivity contribution is 7.98. The average molecular weight is 310 g/mol. The van der Waals surface area contributed by atoms with Crippen LogP contribution in [0.5, 0.6) is 5.75 Å². The molecule has 21 heavy (non-hydrogen) atoms. The van der Waals surface area contributed by atoms with Crippen molar-refractivity contribution in [1.29, 1.82) is 0 Å². The molecule has 0 saturated heterocycles. The maximum Gasteiger partial charge on any atom is 0.258 e. The lowest BCUT2D eigenvalue weighted by atomic mass is 10.2. The Labute approximate surface area is 129 Å². The zero-order valence-electron chi connectivity index (χ0n) is 12.4. The second-order valence-corrected chi connectivity index (χ2v) is 5.38. The van der Waals surface area contributed by atoms with E-state index in [1.807, 2.05) is 31.4 Å². The molecule has 0 aliphatic carbocycles. The number of ether oxygens (including phenoxy) is 1. The van der Waals surface area contributed by atoms with Crippen LogP contribution in [0.4, 0.5) is 0 Å². The SMILES string of the molecule is CCNC(=O)[C@H](CCSC)NC(=O)COc1ccccc1. The molecule has 1 atom stereocenters. The van der Waals surface area contributed by atoms with Gasteiger partial charge in [0, 0.05) is 6.54 Å². The van der Waals surface area contributed by atoms with Crippen molar-refractivity contribution in [3.05, 3.63) is 30.3 Å². The molecule has 0 aliphatic heterocycles. The average Bonchev–Trinajstić information content (AvgIpc) is 2.50. The zero-order valence-corrected chi connectivity index (χ0v) is 13.2. The summed E-state index contributed by atoms with van der Waals surface area (Å²) in [6.45, 7) is 2.30. The fraction of sp³-hybridized carbons (Fsp3) is 0.467. The van der Waals surface area contributed by atoms with Crippen LogP contribution >= 0.6 is 11.8 Å². The third-order valence-electron chi connectivity index (χ3n) is 2.73. The van der Waals surface area contributed by atoms with Gasteiger partial charge in [-0.2, -0.15) is 11.8 Å². The highest BCUT2D eigenvalue weighted by Gasteiger charge is 2.19. The molecule has 116 valence electrons. The van der Waals surface area contributed by atoms with Crippen molar-refractivity contribution in [2.24, 2.45) is 0 Å². The maximum atomic E-state index is 11.9. The number of likely N-dealkylation sites (N-methyl/N-ethyl adjacent to an activating group) is 1. The molecule has 0 aliphatic rings. The highest BCUT2D eigenvalue weighted by atomic mass is 32.2. The van der Waals surface area contributed by atoms with E-state index in [2.05, 4.69) is 10.6 Å². The number of rotatable bonds is 9. The second-order valence-electron chi connectivity index (χ2n) is 4.40. The number of carbonyl (C=O) groups is 2. The van der Waals surface area contributed by atoms with E-state index < -0.39 is 6.04 Å². The number of carbonyl (C=O) groups excluding carboxylic acids is 2. The predicted molar refractivity (Wildman–Crippen MR) is 85.6 cm³/mol. The number of thioether (sulfide) groups is 1. The Morgan fingerprint density at radius 3 is 2.62 bits per heavy atom. The van der Waals surface area contributed by atoms with Crippen molar-refractivity contribution >= 4 is 23.6 Å². The molecule has 0 saturated carbocycles. The molecule has 0 unspecified atom stereocenters. The lowest BCUT2D eigenvalue weighted by molar-refractivity contribution is -0.130. The van der Waals surface area contributed by atoms with Gasteiger partial charge in [-0.1, -0.05) is 18.2 Å². The van der Waals surface area contributed by atoms with E-state index in [4.69, 9.17) is 4.74 Å². The molecule has 0 bridgehead atoms. The van der Waals surface area contributed by atoms with Gasteiger partial charge in [-0.15, -0.1) is 0 Å². The van der Waals surface area contributed by atoms with Gasteiger partial charge in [-0.25, -0.2) is 0 Å². The summed E-state index contributed by atoms with van der Waals surface area (Å²) in [5, 5.41) is 5.45. The summed E-state index contributed by atoms with van der Waals surface area (Å²) in [5.74, 6) is 0.990. The molecule has 1 rings (SSSR count). The van der Waals surface area contributed by atoms with Crippen molar-refractivity contribution in [2.75, 3.05) is 25.2 Å². The maximum absolute atomic E-state index is 11.9. The lowest BCUT2D eigenvalue weighted by Gasteiger charge is -2.17. The molecule has 1 aromatic carbocycles. The topological polar surface area (TPSA) is 67.4 Å². The van der Waals surface area contributed by atoms with Crippen LogP contribution in [0.25, 0.3) is 0 Å². The number of nitrogens with one attached hydrogen (secondary N) is 2. The smallest absolute Gasteiger partial charge is 0.258 e. The number of amides is 2. The molecular formula is C15H22N2O3S. The first-order chi connectivity index (χ1) is 10.2. The summed E-state index contributed by atoms with van der Waals surface area (Å²) in [6.07, 6.45) is 2.57. The van der Waals surface area contributed by atoms with E-state index in [0.29, 0.717) is 18.7 Å². The van der Waals surface area contributed by atoms with Crippen LogP contribution in [-0.2, 0) is 9.59 Å². The van der Waals surface area contributed by atoms with E-state index >= 15 is 0 Å². The van der Waals surface area contributed by atoms with Gasteiger partial charge >= 0.3 is 0 Å². The first kappa shape index (κ1) is 17.4. The van der Waals surface area contributed by atoms with E-state index in [1.54, 1.807) is 23.9 Å². The van der Waals surface area contributed by atoms with Crippen LogP contribution in [0.3, 0.4) is 0 Å². The minimum Gasteiger partial charge on any atom is -0.484 e. The molecule has 0 aromatic heterocycles. The Hall–Kier alpha value is -1.69. The van der Waals surface area contributed by atoms with Crippen molar-refractivity contribution in [3.8, 4) is 5.75 Å². The van der Waals surface area contributed by atoms with Crippen molar-refractivity contribution < 1.29 is 14.3 Å². The summed E-state index contributed by atoms with van der Waals surface area (Å²) in [6, 6.07) is 8.60. The van der Waals surface area contributed by atoms with Gasteiger partial charge in [0.2, 0.25) is 5.91 Å². The first-order valence-electron chi connectivity index (χ1n) is 6.91. The van der Waals surface area contributed by atoms with Crippen LogP contribution in [0.1, 0.15) is 13.3 Å². The largest absolute Gasteiger partial charge is 0.484 e. The van der Waals surface area contributed by atoms with Gasteiger partial charge in [0.15, 0.2) is 6.61 Å². The van der Waals surface area contributed by atoms with Crippen LogP contribution in [0, 0.1) is 0 Å². The summed E-state index contributed by atoms with van der Waals surface area (Å²) < 4.78 is 5.36. The van der Waals surface area contributed by atoms with Gasteiger partial charge in [0.05, 0.1) is 0 Å². The normalized spacial score (nSPS) is 11.5. The van der Waals surface area contributed by atoms with Crippen LogP contribution in [0.2, 0.25) is 0 Å². The number of hydrogen-bond donors (Lipinski definition) is 2. The summed E-state index contributed by atoms with van der Waals surface area (Å²) >= 11 is 1.64. The van der Waals surface area contributed by atoms with E-state index in [-0.39, 0.29) is 18.4 Å². The third kappa shape index (κ3) is 7.04. The minimum atomic E-state index is -0.510. The van der Waals surface area contributed by atoms with Crippen molar-refractivity contribution in [3.63, 3.8) is 0 Å². The fourth-order valence-corrected chi connectivity index (χ4v) is 2.17. The summed E-state index contributed by atoms with van der Waals surface area (Å²) in [7, 11) is 0. The molecule has 0 spiro atoms.